The first kappa shape index (κ1) is 12.8. The molecule has 0 aliphatic carbocycles. The molecule has 0 aromatic heterocycles. The highest BCUT2D eigenvalue weighted by Crippen LogP contribution is 2.37. The summed E-state index contributed by atoms with van der Waals surface area (Å²) < 4.78 is 0. The van der Waals surface area contributed by atoms with Gasteiger partial charge in [-0.05, 0) is 30.4 Å². The van der Waals surface area contributed by atoms with Crippen molar-refractivity contribution in [1.29, 1.82) is 0 Å². The first-order chi connectivity index (χ1) is 7.46. The Morgan fingerprint density at radius 1 is 1.44 bits per heavy atom. The largest absolute Gasteiger partial charge is 0.411 e. The summed E-state index contributed by atoms with van der Waals surface area (Å²) in [6, 6.07) is 4.17. The lowest BCUT2D eigenvalue weighted by Gasteiger charge is -2.26. The van der Waals surface area contributed by atoms with Crippen molar-refractivity contribution in [2.75, 3.05) is 0 Å². The Morgan fingerprint density at radius 2 is 2.06 bits per heavy atom. The van der Waals surface area contributed by atoms with Crippen molar-refractivity contribution in [2.24, 2.45) is 5.90 Å². The molecule has 2 heteroatoms. The Labute approximate surface area is 98.1 Å². The zero-order valence-electron chi connectivity index (χ0n) is 10.6. The van der Waals surface area contributed by atoms with E-state index in [1.54, 1.807) is 6.08 Å². The number of aryl methyl sites for hydroxylation is 1. The van der Waals surface area contributed by atoms with E-state index >= 15 is 0 Å². The van der Waals surface area contributed by atoms with Crippen LogP contribution in [0.4, 0.5) is 0 Å². The van der Waals surface area contributed by atoms with Crippen LogP contribution in [0.15, 0.2) is 18.7 Å². The first-order valence-electron chi connectivity index (χ1n) is 5.60. The molecule has 0 radical (unpaired) electrons. The summed E-state index contributed by atoms with van der Waals surface area (Å²) >= 11 is 0. The molecular formula is C14H21NO. The SMILES string of the molecule is C=Cc1cc(C)cc(C(C)(C)CC)c1ON. The third-order valence-electron chi connectivity index (χ3n) is 3.21. The van der Waals surface area contributed by atoms with E-state index in [1.807, 2.05) is 6.07 Å². The molecule has 1 aromatic rings. The molecule has 0 fully saturated rings. The Kier molecular flexibility index (Phi) is 3.76. The summed E-state index contributed by atoms with van der Waals surface area (Å²) in [7, 11) is 0. The molecule has 0 aliphatic heterocycles. The number of benzene rings is 1. The summed E-state index contributed by atoms with van der Waals surface area (Å²) in [6.07, 6.45) is 2.81. The molecule has 0 unspecified atom stereocenters. The van der Waals surface area contributed by atoms with E-state index in [-0.39, 0.29) is 5.41 Å². The van der Waals surface area contributed by atoms with Gasteiger partial charge in [-0.3, -0.25) is 0 Å². The van der Waals surface area contributed by atoms with Crippen LogP contribution >= 0.6 is 0 Å². The third-order valence-corrected chi connectivity index (χ3v) is 3.21. The topological polar surface area (TPSA) is 35.2 Å². The summed E-state index contributed by atoms with van der Waals surface area (Å²) in [5.41, 5.74) is 3.36. The van der Waals surface area contributed by atoms with Crippen molar-refractivity contribution in [3.63, 3.8) is 0 Å². The predicted octanol–water partition coefficient (Wildman–Crippen LogP) is 3.58. The average molecular weight is 219 g/mol. The van der Waals surface area contributed by atoms with Gasteiger partial charge in [0.05, 0.1) is 0 Å². The van der Waals surface area contributed by atoms with E-state index in [1.165, 1.54) is 5.56 Å². The average Bonchev–Trinajstić information content (AvgIpc) is 2.27. The molecule has 0 heterocycles. The van der Waals surface area contributed by atoms with Crippen LogP contribution in [0.2, 0.25) is 0 Å². The van der Waals surface area contributed by atoms with Crippen molar-refractivity contribution in [3.05, 3.63) is 35.4 Å². The Morgan fingerprint density at radius 3 is 2.50 bits per heavy atom. The van der Waals surface area contributed by atoms with Crippen LogP contribution in [0.3, 0.4) is 0 Å². The molecule has 0 bridgehead atoms. The zero-order chi connectivity index (χ0) is 12.3. The van der Waals surface area contributed by atoms with Crippen LogP contribution in [0.1, 0.15) is 43.9 Å². The molecule has 0 atom stereocenters. The van der Waals surface area contributed by atoms with Gasteiger partial charge in [0.25, 0.3) is 0 Å². The first-order valence-corrected chi connectivity index (χ1v) is 5.60. The molecular weight excluding hydrogens is 198 g/mol. The smallest absolute Gasteiger partial charge is 0.157 e. The van der Waals surface area contributed by atoms with Crippen molar-refractivity contribution in [2.45, 2.75) is 39.5 Å². The van der Waals surface area contributed by atoms with Crippen LogP contribution in [0, 0.1) is 6.92 Å². The van der Waals surface area contributed by atoms with Crippen LogP contribution < -0.4 is 10.7 Å². The van der Waals surface area contributed by atoms with Crippen LogP contribution in [-0.4, -0.2) is 0 Å². The Bertz CT molecular complexity index is 394. The van der Waals surface area contributed by atoms with Gasteiger partial charge in [0.2, 0.25) is 0 Å². The van der Waals surface area contributed by atoms with Gasteiger partial charge in [0.1, 0.15) is 0 Å². The fourth-order valence-corrected chi connectivity index (χ4v) is 1.78. The molecule has 1 rings (SSSR count). The lowest BCUT2D eigenvalue weighted by molar-refractivity contribution is 0.320. The molecule has 0 aliphatic rings. The third kappa shape index (κ3) is 2.27. The van der Waals surface area contributed by atoms with Gasteiger partial charge in [0, 0.05) is 11.1 Å². The van der Waals surface area contributed by atoms with E-state index in [4.69, 9.17) is 10.7 Å². The zero-order valence-corrected chi connectivity index (χ0v) is 10.6. The normalized spacial score (nSPS) is 11.3. The highest BCUT2D eigenvalue weighted by atomic mass is 16.6. The molecule has 2 nitrogen and oxygen atoms in total. The Hall–Kier alpha value is -1.28. The maximum Gasteiger partial charge on any atom is 0.157 e. The second-order valence-electron chi connectivity index (χ2n) is 4.79. The van der Waals surface area contributed by atoms with Gasteiger partial charge in [0.15, 0.2) is 5.75 Å². The van der Waals surface area contributed by atoms with E-state index in [0.29, 0.717) is 0 Å². The van der Waals surface area contributed by atoms with Crippen molar-refractivity contribution in [1.82, 2.24) is 0 Å². The molecule has 0 amide bonds. The van der Waals surface area contributed by atoms with Gasteiger partial charge >= 0.3 is 0 Å². The van der Waals surface area contributed by atoms with E-state index in [9.17, 15) is 0 Å². The fourth-order valence-electron chi connectivity index (χ4n) is 1.78. The summed E-state index contributed by atoms with van der Waals surface area (Å²) in [5.74, 6) is 6.12. The van der Waals surface area contributed by atoms with Crippen LogP contribution in [0.5, 0.6) is 5.75 Å². The lowest BCUT2D eigenvalue weighted by atomic mass is 9.80. The van der Waals surface area contributed by atoms with Crippen LogP contribution in [0.25, 0.3) is 6.08 Å². The van der Waals surface area contributed by atoms with Crippen molar-refractivity contribution in [3.8, 4) is 5.75 Å². The van der Waals surface area contributed by atoms with Gasteiger partial charge in [-0.25, -0.2) is 0 Å². The summed E-state index contributed by atoms with van der Waals surface area (Å²) in [6.45, 7) is 12.4. The van der Waals surface area contributed by atoms with Crippen LogP contribution in [-0.2, 0) is 5.41 Å². The standard InChI is InChI=1S/C14H21NO/c1-6-11-8-10(3)9-12(13(11)16-15)14(4,5)7-2/h6,8-9H,1,7,15H2,2-5H3. The summed E-state index contributed by atoms with van der Waals surface area (Å²) in [4.78, 5) is 5.04. The number of rotatable bonds is 4. The van der Waals surface area contributed by atoms with Crippen molar-refractivity contribution >= 4 is 6.08 Å². The second-order valence-corrected chi connectivity index (χ2v) is 4.79. The van der Waals surface area contributed by atoms with Crippen molar-refractivity contribution < 1.29 is 4.84 Å². The predicted molar refractivity (Wildman–Crippen MR) is 69.4 cm³/mol. The molecule has 0 spiro atoms. The lowest BCUT2D eigenvalue weighted by Crippen LogP contribution is -2.19. The van der Waals surface area contributed by atoms with Gasteiger partial charge < -0.3 is 4.84 Å². The van der Waals surface area contributed by atoms with Gasteiger partial charge in [-0.1, -0.05) is 39.5 Å². The number of hydrogen-bond donors (Lipinski definition) is 1. The molecule has 2 N–H and O–H groups in total. The number of nitrogens with two attached hydrogens (primary N) is 1. The molecule has 0 saturated carbocycles. The van der Waals surface area contributed by atoms with Gasteiger partial charge in [-0.2, -0.15) is 5.90 Å². The Balaban J connectivity index is 3.48. The molecule has 16 heavy (non-hydrogen) atoms. The fraction of sp³-hybridized carbons (Fsp3) is 0.429. The molecule has 88 valence electrons. The monoisotopic (exact) mass is 219 g/mol. The van der Waals surface area contributed by atoms with Gasteiger partial charge in [-0.15, -0.1) is 0 Å². The maximum atomic E-state index is 5.38. The highest BCUT2D eigenvalue weighted by molar-refractivity contribution is 5.61. The summed E-state index contributed by atoms with van der Waals surface area (Å²) in [5, 5.41) is 0. The quantitative estimate of drug-likeness (QED) is 0.786. The minimum atomic E-state index is 0.0541. The maximum absolute atomic E-state index is 5.38. The number of hydrogen-bond acceptors (Lipinski definition) is 2. The second kappa shape index (κ2) is 4.71. The minimum Gasteiger partial charge on any atom is -0.411 e. The van der Waals surface area contributed by atoms with E-state index in [2.05, 4.69) is 40.3 Å². The molecule has 1 aromatic carbocycles. The minimum absolute atomic E-state index is 0.0541. The van der Waals surface area contributed by atoms with E-state index in [0.717, 1.165) is 23.3 Å². The highest BCUT2D eigenvalue weighted by Gasteiger charge is 2.24. The van der Waals surface area contributed by atoms with E-state index < -0.39 is 0 Å². The molecule has 0 saturated heterocycles.